The fourth-order valence-electron chi connectivity index (χ4n) is 3.20. The Bertz CT molecular complexity index is 778. The van der Waals surface area contributed by atoms with Gasteiger partial charge in [-0.2, -0.15) is 0 Å². The van der Waals surface area contributed by atoms with Crippen LogP contribution in [0.15, 0.2) is 42.5 Å². The highest BCUT2D eigenvalue weighted by Gasteiger charge is 2.29. The van der Waals surface area contributed by atoms with Crippen LogP contribution in [-0.2, 0) is 6.42 Å². The molecule has 3 rings (SSSR count). The maximum absolute atomic E-state index is 12.8. The second-order valence-electron chi connectivity index (χ2n) is 6.30. The van der Waals surface area contributed by atoms with E-state index in [0.717, 1.165) is 35.3 Å². The molecular weight excluding hydrogens is 302 g/mol. The van der Waals surface area contributed by atoms with Crippen LogP contribution < -0.4 is 4.74 Å². The Kier molecular flexibility index (Phi) is 4.38. The molecule has 124 valence electrons. The third-order valence-corrected chi connectivity index (χ3v) is 4.56. The van der Waals surface area contributed by atoms with Crippen LogP contribution in [0.2, 0.25) is 0 Å². The van der Waals surface area contributed by atoms with Crippen molar-refractivity contribution in [2.24, 2.45) is 0 Å². The number of hydrogen-bond acceptors (Lipinski definition) is 3. The molecule has 0 fully saturated rings. The number of carbonyl (C=O) groups excluding carboxylic acids is 2. The lowest BCUT2D eigenvalue weighted by molar-refractivity contribution is 0.0827. The van der Waals surface area contributed by atoms with Crippen molar-refractivity contribution in [2.45, 2.75) is 18.8 Å². The molecule has 0 heterocycles. The lowest BCUT2D eigenvalue weighted by Gasteiger charge is -2.24. The van der Waals surface area contributed by atoms with Gasteiger partial charge in [0.25, 0.3) is 5.91 Å². The molecule has 4 heteroatoms. The topological polar surface area (TPSA) is 46.6 Å². The van der Waals surface area contributed by atoms with Gasteiger partial charge in [0.1, 0.15) is 5.75 Å². The van der Waals surface area contributed by atoms with Crippen molar-refractivity contribution in [1.82, 2.24) is 4.90 Å². The van der Waals surface area contributed by atoms with Crippen LogP contribution >= 0.6 is 0 Å². The Morgan fingerprint density at radius 1 is 1.12 bits per heavy atom. The van der Waals surface area contributed by atoms with Gasteiger partial charge in [-0.15, -0.1) is 0 Å². The predicted octanol–water partition coefficient (Wildman–Crippen LogP) is 3.31. The summed E-state index contributed by atoms with van der Waals surface area (Å²) in [7, 11) is 5.09. The zero-order valence-corrected chi connectivity index (χ0v) is 14.2. The Balaban J connectivity index is 1.86. The first-order chi connectivity index (χ1) is 11.5. The minimum absolute atomic E-state index is 0.0334. The Morgan fingerprint density at radius 3 is 2.46 bits per heavy atom. The quantitative estimate of drug-likeness (QED) is 0.870. The summed E-state index contributed by atoms with van der Waals surface area (Å²) in [5.74, 6) is 0.750. The number of carbonyl (C=O) groups is 2. The van der Waals surface area contributed by atoms with E-state index in [-0.39, 0.29) is 17.6 Å². The van der Waals surface area contributed by atoms with Crippen molar-refractivity contribution < 1.29 is 14.3 Å². The summed E-state index contributed by atoms with van der Waals surface area (Å²) in [6.45, 7) is 0. The van der Waals surface area contributed by atoms with Crippen LogP contribution in [0.1, 0.15) is 44.2 Å². The van der Waals surface area contributed by atoms with Crippen molar-refractivity contribution in [2.75, 3.05) is 21.2 Å². The van der Waals surface area contributed by atoms with Crippen LogP contribution in [0.5, 0.6) is 5.75 Å². The second-order valence-corrected chi connectivity index (χ2v) is 6.30. The average molecular weight is 323 g/mol. The number of fused-ring (bicyclic) bond motifs is 1. The van der Waals surface area contributed by atoms with E-state index in [1.807, 2.05) is 30.3 Å². The number of hydrogen-bond donors (Lipinski definition) is 0. The number of rotatable bonds is 3. The second kappa shape index (κ2) is 6.48. The van der Waals surface area contributed by atoms with Gasteiger partial charge in [-0.3, -0.25) is 9.59 Å². The molecule has 0 radical (unpaired) electrons. The van der Waals surface area contributed by atoms with E-state index in [4.69, 9.17) is 4.74 Å². The predicted molar refractivity (Wildman–Crippen MR) is 92.8 cm³/mol. The lowest BCUT2D eigenvalue weighted by Crippen LogP contribution is -2.22. The Labute approximate surface area is 142 Å². The van der Waals surface area contributed by atoms with Crippen molar-refractivity contribution >= 4 is 11.7 Å². The van der Waals surface area contributed by atoms with Gasteiger partial charge >= 0.3 is 0 Å². The average Bonchev–Trinajstić information content (AvgIpc) is 2.61. The third kappa shape index (κ3) is 2.92. The first-order valence-corrected chi connectivity index (χ1v) is 8.04. The molecular formula is C20H21NO3. The number of benzene rings is 2. The van der Waals surface area contributed by atoms with Gasteiger partial charge < -0.3 is 9.64 Å². The number of ether oxygens (including phenoxy) is 1. The number of ketones is 1. The number of methoxy groups -OCH3 is 1. The van der Waals surface area contributed by atoms with Gasteiger partial charge in [-0.25, -0.2) is 0 Å². The summed E-state index contributed by atoms with van der Waals surface area (Å²) in [5, 5.41) is 0. The van der Waals surface area contributed by atoms with E-state index in [2.05, 4.69) is 0 Å². The van der Waals surface area contributed by atoms with Gasteiger partial charge in [-0.1, -0.05) is 12.1 Å². The van der Waals surface area contributed by atoms with Gasteiger partial charge in [-0.05, 0) is 54.3 Å². The molecule has 1 aliphatic carbocycles. The van der Waals surface area contributed by atoms with Gasteiger partial charge in [0.2, 0.25) is 0 Å². The highest BCUT2D eigenvalue weighted by atomic mass is 16.5. The molecule has 0 N–H and O–H groups in total. The van der Waals surface area contributed by atoms with Crippen LogP contribution in [0, 0.1) is 0 Å². The molecule has 0 aliphatic heterocycles. The molecule has 0 bridgehead atoms. The van der Waals surface area contributed by atoms with Gasteiger partial charge in [0, 0.05) is 31.1 Å². The largest absolute Gasteiger partial charge is 0.497 e. The molecule has 2 aromatic rings. The van der Waals surface area contributed by atoms with Gasteiger partial charge in [0.05, 0.1) is 7.11 Å². The van der Waals surface area contributed by atoms with E-state index in [9.17, 15) is 9.59 Å². The minimum Gasteiger partial charge on any atom is -0.497 e. The van der Waals surface area contributed by atoms with E-state index in [0.29, 0.717) is 5.56 Å². The first kappa shape index (κ1) is 16.2. The molecule has 0 saturated heterocycles. The summed E-state index contributed by atoms with van der Waals surface area (Å²) < 4.78 is 5.23. The van der Waals surface area contributed by atoms with Crippen molar-refractivity contribution in [3.05, 3.63) is 64.7 Å². The highest BCUT2D eigenvalue weighted by Crippen LogP contribution is 2.34. The number of Topliss-reactive ketones (excluding diaryl/α,β-unsaturated/α-hetero) is 1. The SMILES string of the molecule is COc1ccc2c(c1)CCC(c1ccc(C(=O)N(C)C)cc1)C2=O. The van der Waals surface area contributed by atoms with E-state index in [1.165, 1.54) is 0 Å². The molecule has 2 aromatic carbocycles. The zero-order chi connectivity index (χ0) is 17.3. The highest BCUT2D eigenvalue weighted by molar-refractivity contribution is 6.03. The normalized spacial score (nSPS) is 16.5. The molecule has 24 heavy (non-hydrogen) atoms. The summed E-state index contributed by atoms with van der Waals surface area (Å²) in [6.07, 6.45) is 1.63. The number of amides is 1. The third-order valence-electron chi connectivity index (χ3n) is 4.56. The lowest BCUT2D eigenvalue weighted by atomic mass is 9.79. The molecule has 0 aromatic heterocycles. The minimum atomic E-state index is -0.144. The number of aryl methyl sites for hydroxylation is 1. The Morgan fingerprint density at radius 2 is 1.83 bits per heavy atom. The molecule has 0 spiro atoms. The summed E-state index contributed by atoms with van der Waals surface area (Å²) in [5.41, 5.74) is 3.43. The molecule has 4 nitrogen and oxygen atoms in total. The van der Waals surface area contributed by atoms with Crippen LogP contribution in [0.4, 0.5) is 0 Å². The maximum Gasteiger partial charge on any atom is 0.253 e. The summed E-state index contributed by atoms with van der Waals surface area (Å²) in [4.78, 5) is 26.3. The van der Waals surface area contributed by atoms with Crippen LogP contribution in [0.3, 0.4) is 0 Å². The molecule has 1 amide bonds. The summed E-state index contributed by atoms with van der Waals surface area (Å²) >= 11 is 0. The molecule has 0 saturated carbocycles. The zero-order valence-electron chi connectivity index (χ0n) is 14.2. The fourth-order valence-corrected chi connectivity index (χ4v) is 3.20. The fraction of sp³-hybridized carbons (Fsp3) is 0.300. The summed E-state index contributed by atoms with van der Waals surface area (Å²) in [6, 6.07) is 13.0. The van der Waals surface area contributed by atoms with Crippen molar-refractivity contribution in [3.8, 4) is 5.75 Å². The van der Waals surface area contributed by atoms with Crippen LogP contribution in [0.25, 0.3) is 0 Å². The van der Waals surface area contributed by atoms with E-state index < -0.39 is 0 Å². The Hall–Kier alpha value is -2.62. The maximum atomic E-state index is 12.8. The van der Waals surface area contributed by atoms with E-state index >= 15 is 0 Å². The number of nitrogens with zero attached hydrogens (tertiary/aromatic N) is 1. The molecule has 1 unspecified atom stereocenters. The van der Waals surface area contributed by atoms with Crippen molar-refractivity contribution in [3.63, 3.8) is 0 Å². The van der Waals surface area contributed by atoms with Crippen molar-refractivity contribution in [1.29, 1.82) is 0 Å². The first-order valence-electron chi connectivity index (χ1n) is 8.04. The monoisotopic (exact) mass is 323 g/mol. The standard InChI is InChI=1S/C20H21NO3/c1-21(2)20(23)14-6-4-13(5-7-14)17-10-8-15-12-16(24-3)9-11-18(15)19(17)22/h4-7,9,11-12,17H,8,10H2,1-3H3. The molecule has 1 atom stereocenters. The van der Waals surface area contributed by atoms with Crippen LogP contribution in [-0.4, -0.2) is 37.8 Å². The molecule has 1 aliphatic rings. The van der Waals surface area contributed by atoms with E-state index in [1.54, 1.807) is 38.2 Å². The smallest absolute Gasteiger partial charge is 0.253 e. The van der Waals surface area contributed by atoms with Gasteiger partial charge in [0.15, 0.2) is 5.78 Å².